The van der Waals surface area contributed by atoms with Crippen molar-refractivity contribution in [1.82, 2.24) is 10.3 Å². The Labute approximate surface area is 96.1 Å². The van der Waals surface area contributed by atoms with Crippen molar-refractivity contribution in [3.05, 3.63) is 35.5 Å². The first-order valence-corrected chi connectivity index (χ1v) is 6.14. The Balaban J connectivity index is 1.98. The van der Waals surface area contributed by atoms with Crippen LogP contribution in [0.15, 0.2) is 24.3 Å². The summed E-state index contributed by atoms with van der Waals surface area (Å²) in [6.07, 6.45) is 3.81. The molecule has 0 radical (unpaired) electrons. The first kappa shape index (κ1) is 9.91. The van der Waals surface area contributed by atoms with Gasteiger partial charge in [0.2, 0.25) is 0 Å². The smallest absolute Gasteiger partial charge is 0.0458 e. The lowest BCUT2D eigenvalue weighted by Crippen LogP contribution is -2.23. The molecule has 1 aromatic carbocycles. The van der Waals surface area contributed by atoms with Gasteiger partial charge in [-0.3, -0.25) is 0 Å². The Morgan fingerprint density at radius 3 is 3.00 bits per heavy atom. The largest absolute Gasteiger partial charge is 0.358 e. The predicted molar refractivity (Wildman–Crippen MR) is 67.8 cm³/mol. The van der Waals surface area contributed by atoms with Crippen LogP contribution in [0.3, 0.4) is 0 Å². The lowest BCUT2D eigenvalue weighted by atomic mass is 10.0. The second kappa shape index (κ2) is 3.95. The molecule has 2 nitrogen and oxygen atoms in total. The number of aromatic nitrogens is 1. The van der Waals surface area contributed by atoms with Crippen LogP contribution in [0.5, 0.6) is 0 Å². The molecule has 2 heterocycles. The van der Waals surface area contributed by atoms with Crippen molar-refractivity contribution in [3.8, 4) is 0 Å². The zero-order valence-corrected chi connectivity index (χ0v) is 9.72. The molecule has 2 heteroatoms. The molecule has 0 spiro atoms. The van der Waals surface area contributed by atoms with Gasteiger partial charge < -0.3 is 10.3 Å². The molecule has 1 aromatic heterocycles. The van der Waals surface area contributed by atoms with Crippen LogP contribution in [0, 0.1) is 6.92 Å². The highest BCUT2D eigenvalue weighted by molar-refractivity contribution is 5.84. The van der Waals surface area contributed by atoms with Gasteiger partial charge in [0.05, 0.1) is 0 Å². The summed E-state index contributed by atoms with van der Waals surface area (Å²) in [5.74, 6) is 0. The molecular weight excluding hydrogens is 196 g/mol. The second-order valence-corrected chi connectivity index (χ2v) is 4.77. The Morgan fingerprint density at radius 1 is 1.31 bits per heavy atom. The summed E-state index contributed by atoms with van der Waals surface area (Å²) < 4.78 is 0. The van der Waals surface area contributed by atoms with Crippen LogP contribution in [-0.2, 0) is 6.42 Å². The molecular formula is C14H18N2. The maximum atomic E-state index is 3.57. The van der Waals surface area contributed by atoms with Gasteiger partial charge in [-0.15, -0.1) is 0 Å². The topological polar surface area (TPSA) is 27.8 Å². The van der Waals surface area contributed by atoms with E-state index in [1.54, 1.807) is 0 Å². The number of rotatable bonds is 2. The molecule has 1 fully saturated rings. The summed E-state index contributed by atoms with van der Waals surface area (Å²) in [4.78, 5) is 3.47. The molecule has 0 saturated carbocycles. The fourth-order valence-corrected chi connectivity index (χ4v) is 2.78. The molecule has 84 valence electrons. The van der Waals surface area contributed by atoms with Crippen molar-refractivity contribution in [3.63, 3.8) is 0 Å². The number of fused-ring (bicyclic) bond motifs is 1. The average Bonchev–Trinajstić information content (AvgIpc) is 2.89. The minimum absolute atomic E-state index is 0.679. The van der Waals surface area contributed by atoms with Crippen LogP contribution < -0.4 is 5.32 Å². The van der Waals surface area contributed by atoms with Crippen LogP contribution in [0.1, 0.15) is 24.1 Å². The van der Waals surface area contributed by atoms with Crippen LogP contribution in [0.2, 0.25) is 0 Å². The first-order chi connectivity index (χ1) is 7.84. The van der Waals surface area contributed by atoms with E-state index in [2.05, 4.69) is 41.5 Å². The Hall–Kier alpha value is -1.28. The van der Waals surface area contributed by atoms with Crippen molar-refractivity contribution in [2.45, 2.75) is 32.2 Å². The van der Waals surface area contributed by atoms with Gasteiger partial charge in [0.25, 0.3) is 0 Å². The third-order valence-corrected chi connectivity index (χ3v) is 3.64. The quantitative estimate of drug-likeness (QED) is 0.790. The molecule has 0 aliphatic carbocycles. The minimum Gasteiger partial charge on any atom is -0.358 e. The number of hydrogen-bond donors (Lipinski definition) is 2. The van der Waals surface area contributed by atoms with Crippen molar-refractivity contribution in [2.75, 3.05) is 6.54 Å². The third kappa shape index (κ3) is 1.63. The molecule has 0 unspecified atom stereocenters. The van der Waals surface area contributed by atoms with Crippen molar-refractivity contribution in [1.29, 1.82) is 0 Å². The second-order valence-electron chi connectivity index (χ2n) is 4.77. The molecule has 3 rings (SSSR count). The highest BCUT2D eigenvalue weighted by Gasteiger charge is 2.17. The molecule has 0 bridgehead atoms. The van der Waals surface area contributed by atoms with E-state index in [0.717, 1.165) is 6.42 Å². The van der Waals surface area contributed by atoms with Crippen LogP contribution in [0.4, 0.5) is 0 Å². The van der Waals surface area contributed by atoms with Crippen LogP contribution in [0.25, 0.3) is 10.9 Å². The number of hydrogen-bond acceptors (Lipinski definition) is 1. The van der Waals surface area contributed by atoms with Crippen molar-refractivity contribution in [2.24, 2.45) is 0 Å². The van der Waals surface area contributed by atoms with E-state index >= 15 is 0 Å². The molecule has 2 aromatic rings. The van der Waals surface area contributed by atoms with Gasteiger partial charge in [0.15, 0.2) is 0 Å². The summed E-state index contributed by atoms with van der Waals surface area (Å²) in [7, 11) is 0. The average molecular weight is 214 g/mol. The first-order valence-electron chi connectivity index (χ1n) is 6.14. The van der Waals surface area contributed by atoms with Gasteiger partial charge in [-0.1, -0.05) is 18.2 Å². The van der Waals surface area contributed by atoms with Crippen LogP contribution in [-0.4, -0.2) is 17.6 Å². The lowest BCUT2D eigenvalue weighted by Gasteiger charge is -2.10. The zero-order chi connectivity index (χ0) is 11.0. The van der Waals surface area contributed by atoms with Gasteiger partial charge in [-0.2, -0.15) is 0 Å². The standard InChI is InChI=1S/C14H18N2/c1-10-13(9-11-5-4-8-15-11)12-6-2-3-7-14(12)16-10/h2-3,6-7,11,15-16H,4-5,8-9H2,1H3/t11-/m1/s1. The maximum Gasteiger partial charge on any atom is 0.0458 e. The van der Waals surface area contributed by atoms with E-state index < -0.39 is 0 Å². The van der Waals surface area contributed by atoms with Gasteiger partial charge in [-0.05, 0) is 44.4 Å². The normalized spacial score (nSPS) is 20.7. The van der Waals surface area contributed by atoms with E-state index in [9.17, 15) is 0 Å². The SMILES string of the molecule is Cc1[nH]c2ccccc2c1C[C@H]1CCCN1. The summed E-state index contributed by atoms with van der Waals surface area (Å²) in [6, 6.07) is 9.28. The summed E-state index contributed by atoms with van der Waals surface area (Å²) >= 11 is 0. The zero-order valence-electron chi connectivity index (χ0n) is 9.72. The maximum absolute atomic E-state index is 3.57. The van der Waals surface area contributed by atoms with Crippen molar-refractivity contribution >= 4 is 10.9 Å². The molecule has 1 aliphatic heterocycles. The highest BCUT2D eigenvalue weighted by atomic mass is 14.9. The van der Waals surface area contributed by atoms with Gasteiger partial charge in [0, 0.05) is 22.6 Å². The molecule has 1 atom stereocenters. The number of aromatic amines is 1. The summed E-state index contributed by atoms with van der Waals surface area (Å²) in [5.41, 5.74) is 4.10. The fraction of sp³-hybridized carbons (Fsp3) is 0.429. The Kier molecular flexibility index (Phi) is 2.44. The summed E-state index contributed by atoms with van der Waals surface area (Å²) in [5, 5.41) is 4.97. The molecule has 1 saturated heterocycles. The highest BCUT2D eigenvalue weighted by Crippen LogP contribution is 2.24. The molecule has 16 heavy (non-hydrogen) atoms. The van der Waals surface area contributed by atoms with Gasteiger partial charge in [-0.25, -0.2) is 0 Å². The van der Waals surface area contributed by atoms with E-state index in [1.165, 1.54) is 41.5 Å². The number of nitrogens with one attached hydrogen (secondary N) is 2. The van der Waals surface area contributed by atoms with E-state index in [4.69, 9.17) is 0 Å². The Morgan fingerprint density at radius 2 is 2.19 bits per heavy atom. The van der Waals surface area contributed by atoms with Gasteiger partial charge in [0.1, 0.15) is 0 Å². The number of benzene rings is 1. The van der Waals surface area contributed by atoms with E-state index in [0.29, 0.717) is 6.04 Å². The number of para-hydroxylation sites is 1. The molecule has 0 amide bonds. The predicted octanol–water partition coefficient (Wildman–Crippen LogP) is 2.77. The van der Waals surface area contributed by atoms with Crippen molar-refractivity contribution < 1.29 is 0 Å². The minimum atomic E-state index is 0.679. The fourth-order valence-electron chi connectivity index (χ4n) is 2.78. The Bertz CT molecular complexity index is 492. The van der Waals surface area contributed by atoms with Crippen LogP contribution >= 0.6 is 0 Å². The number of aryl methyl sites for hydroxylation is 1. The third-order valence-electron chi connectivity index (χ3n) is 3.64. The van der Waals surface area contributed by atoms with E-state index in [1.807, 2.05) is 0 Å². The molecule has 1 aliphatic rings. The number of H-pyrrole nitrogens is 1. The lowest BCUT2D eigenvalue weighted by molar-refractivity contribution is 0.603. The van der Waals surface area contributed by atoms with Gasteiger partial charge >= 0.3 is 0 Å². The summed E-state index contributed by atoms with van der Waals surface area (Å²) in [6.45, 7) is 3.37. The van der Waals surface area contributed by atoms with E-state index in [-0.39, 0.29) is 0 Å². The monoisotopic (exact) mass is 214 g/mol. The molecule has 2 N–H and O–H groups in total.